The first kappa shape index (κ1) is 25.4. The Hall–Kier alpha value is -3.20. The van der Waals surface area contributed by atoms with Crippen molar-refractivity contribution in [1.82, 2.24) is 14.5 Å². The molecule has 0 bridgehead atoms. The van der Waals surface area contributed by atoms with Crippen molar-refractivity contribution in [2.45, 2.75) is 51.5 Å². The van der Waals surface area contributed by atoms with Crippen molar-refractivity contribution >= 4 is 11.9 Å². The molecule has 9 nitrogen and oxygen atoms in total. The molecule has 1 aromatic heterocycles. The normalized spacial score (nSPS) is 15.8. The molecule has 2 aromatic rings. The van der Waals surface area contributed by atoms with Crippen LogP contribution in [0.25, 0.3) is 11.1 Å². The Labute approximate surface area is 198 Å². The summed E-state index contributed by atoms with van der Waals surface area (Å²) >= 11 is 0. The van der Waals surface area contributed by atoms with Crippen LogP contribution in [-0.2, 0) is 34.8 Å². The van der Waals surface area contributed by atoms with Gasteiger partial charge in [-0.2, -0.15) is 0 Å². The lowest BCUT2D eigenvalue weighted by molar-refractivity contribution is -0.144. The van der Waals surface area contributed by atoms with Gasteiger partial charge < -0.3 is 19.7 Å². The lowest BCUT2D eigenvalue weighted by atomic mass is 9.81. The molecule has 34 heavy (non-hydrogen) atoms. The number of aliphatic carboxylic acids is 1. The van der Waals surface area contributed by atoms with Crippen LogP contribution in [0.5, 0.6) is 0 Å². The highest BCUT2D eigenvalue weighted by Gasteiger charge is 2.42. The monoisotopic (exact) mass is 471 g/mol. The van der Waals surface area contributed by atoms with Crippen LogP contribution < -0.4 is 16.6 Å². The molecule has 9 heteroatoms. The van der Waals surface area contributed by atoms with Crippen LogP contribution in [0.15, 0.2) is 33.9 Å². The Kier molecular flexibility index (Phi) is 7.76. The van der Waals surface area contributed by atoms with E-state index in [0.29, 0.717) is 35.4 Å². The number of carboxylic acids is 1. The number of carbonyl (C=O) groups excluding carboxylic acids is 1. The average Bonchev–Trinajstić information content (AvgIpc) is 3.31. The fourth-order valence-corrected chi connectivity index (χ4v) is 4.77. The van der Waals surface area contributed by atoms with E-state index in [1.54, 1.807) is 45.3 Å². The van der Waals surface area contributed by atoms with Crippen LogP contribution in [0.2, 0.25) is 0 Å². The number of amides is 1. The fraction of sp³-hybridized carbons (Fsp3) is 0.520. The predicted octanol–water partition coefficient (Wildman–Crippen LogP) is 1.77. The van der Waals surface area contributed by atoms with Gasteiger partial charge in [-0.1, -0.05) is 37.1 Å². The molecule has 3 rings (SSSR count). The van der Waals surface area contributed by atoms with Gasteiger partial charge in [0, 0.05) is 39.9 Å². The molecule has 1 fully saturated rings. The maximum atomic E-state index is 13.1. The summed E-state index contributed by atoms with van der Waals surface area (Å²) in [5, 5.41) is 12.5. The summed E-state index contributed by atoms with van der Waals surface area (Å²) in [5.74, 6) is -1.32. The molecular weight excluding hydrogens is 438 g/mol. The second kappa shape index (κ2) is 10.4. The molecule has 0 spiro atoms. The summed E-state index contributed by atoms with van der Waals surface area (Å²) in [7, 11) is 4.64. The molecule has 0 saturated heterocycles. The molecule has 1 aliphatic rings. The first-order valence-electron chi connectivity index (χ1n) is 11.5. The van der Waals surface area contributed by atoms with Crippen molar-refractivity contribution in [2.75, 3.05) is 13.7 Å². The lowest BCUT2D eigenvalue weighted by Crippen LogP contribution is -2.49. The van der Waals surface area contributed by atoms with Crippen molar-refractivity contribution < 1.29 is 19.4 Å². The number of benzene rings is 1. The number of carbonyl (C=O) groups is 2. The maximum absolute atomic E-state index is 13.1. The lowest BCUT2D eigenvalue weighted by Gasteiger charge is -2.29. The first-order valence-corrected chi connectivity index (χ1v) is 11.5. The Bertz CT molecular complexity index is 1170. The SMILES string of the molecule is COCCC1(C(=O)N[C@@H](Cc2ccc(-c3c(C)n(C)c(=O)n(C)c3=O)cc2)C(=O)O)CCCC1. The molecule has 1 aromatic carbocycles. The highest BCUT2D eigenvalue weighted by atomic mass is 16.5. The van der Waals surface area contributed by atoms with Gasteiger partial charge in [0.15, 0.2) is 0 Å². The minimum atomic E-state index is -1.10. The van der Waals surface area contributed by atoms with Gasteiger partial charge in [-0.25, -0.2) is 9.59 Å². The number of aromatic nitrogens is 2. The number of methoxy groups -OCH3 is 1. The molecule has 184 valence electrons. The van der Waals surface area contributed by atoms with Gasteiger partial charge in [-0.15, -0.1) is 0 Å². The van der Waals surface area contributed by atoms with E-state index in [1.165, 1.54) is 11.6 Å². The van der Waals surface area contributed by atoms with Gasteiger partial charge in [0.1, 0.15) is 6.04 Å². The zero-order valence-corrected chi connectivity index (χ0v) is 20.2. The van der Waals surface area contributed by atoms with Crippen LogP contribution >= 0.6 is 0 Å². The van der Waals surface area contributed by atoms with Crippen molar-refractivity contribution in [3.63, 3.8) is 0 Å². The van der Waals surface area contributed by atoms with Crippen molar-refractivity contribution in [2.24, 2.45) is 19.5 Å². The summed E-state index contributed by atoms with van der Waals surface area (Å²) in [6, 6.07) is 5.91. The van der Waals surface area contributed by atoms with E-state index < -0.39 is 23.1 Å². The van der Waals surface area contributed by atoms with E-state index in [-0.39, 0.29) is 17.9 Å². The van der Waals surface area contributed by atoms with Gasteiger partial charge >= 0.3 is 11.7 Å². The third-order valence-corrected chi connectivity index (χ3v) is 7.07. The summed E-state index contributed by atoms with van der Waals surface area (Å²) in [6.07, 6.45) is 4.05. The molecule has 1 heterocycles. The number of nitrogens with zero attached hydrogens (tertiary/aromatic N) is 2. The number of hydrogen-bond acceptors (Lipinski definition) is 5. The van der Waals surface area contributed by atoms with Crippen LogP contribution in [0.3, 0.4) is 0 Å². The zero-order chi connectivity index (χ0) is 25.0. The summed E-state index contributed by atoms with van der Waals surface area (Å²) in [6.45, 7) is 2.17. The highest BCUT2D eigenvalue weighted by Crippen LogP contribution is 2.41. The molecule has 1 amide bonds. The number of nitrogens with one attached hydrogen (secondary N) is 1. The van der Waals surface area contributed by atoms with Crippen molar-refractivity contribution in [1.29, 1.82) is 0 Å². The maximum Gasteiger partial charge on any atom is 0.330 e. The predicted molar refractivity (Wildman–Crippen MR) is 128 cm³/mol. The van der Waals surface area contributed by atoms with E-state index in [1.807, 2.05) is 0 Å². The highest BCUT2D eigenvalue weighted by molar-refractivity contribution is 5.87. The minimum absolute atomic E-state index is 0.117. The van der Waals surface area contributed by atoms with Crippen LogP contribution in [-0.4, -0.2) is 45.9 Å². The van der Waals surface area contributed by atoms with E-state index in [9.17, 15) is 24.3 Å². The Morgan fingerprint density at radius 3 is 2.29 bits per heavy atom. The number of rotatable bonds is 9. The molecule has 0 radical (unpaired) electrons. The van der Waals surface area contributed by atoms with Gasteiger partial charge in [0.2, 0.25) is 5.91 Å². The first-order chi connectivity index (χ1) is 16.1. The molecule has 2 N–H and O–H groups in total. The third-order valence-electron chi connectivity index (χ3n) is 7.07. The number of ether oxygens (including phenoxy) is 1. The van der Waals surface area contributed by atoms with E-state index in [0.717, 1.165) is 30.3 Å². The van der Waals surface area contributed by atoms with Crippen molar-refractivity contribution in [3.05, 3.63) is 56.4 Å². The zero-order valence-electron chi connectivity index (χ0n) is 20.2. The smallest absolute Gasteiger partial charge is 0.330 e. The van der Waals surface area contributed by atoms with E-state index >= 15 is 0 Å². The average molecular weight is 472 g/mol. The van der Waals surface area contributed by atoms with Gasteiger partial charge in [-0.3, -0.25) is 14.2 Å². The number of hydrogen-bond donors (Lipinski definition) is 2. The molecule has 0 unspecified atom stereocenters. The topological polar surface area (TPSA) is 120 Å². The standard InChI is InChI=1S/C25H33N3O6/c1-16-20(21(29)28(3)24(33)27(16)2)18-9-7-17(8-10-18)15-19(22(30)31)26-23(32)25(13-14-34-4)11-5-6-12-25/h7-10,19H,5-6,11-15H2,1-4H3,(H,26,32)(H,30,31)/t19-/m0/s1. The Morgan fingerprint density at radius 2 is 1.74 bits per heavy atom. The second-order valence-electron chi connectivity index (χ2n) is 9.16. The summed E-state index contributed by atoms with van der Waals surface area (Å²) in [4.78, 5) is 49.8. The Morgan fingerprint density at radius 1 is 1.12 bits per heavy atom. The van der Waals surface area contributed by atoms with Gasteiger partial charge in [0.25, 0.3) is 5.56 Å². The van der Waals surface area contributed by atoms with Crippen LogP contribution in [0.1, 0.15) is 43.4 Å². The van der Waals surface area contributed by atoms with Crippen LogP contribution in [0, 0.1) is 12.3 Å². The molecular formula is C25H33N3O6. The summed E-state index contributed by atoms with van der Waals surface area (Å²) in [5.41, 5.74) is 0.963. The molecule has 1 atom stereocenters. The fourth-order valence-electron chi connectivity index (χ4n) is 4.77. The van der Waals surface area contributed by atoms with Gasteiger partial charge in [0.05, 0.1) is 11.0 Å². The Balaban J connectivity index is 1.81. The van der Waals surface area contributed by atoms with Crippen molar-refractivity contribution in [3.8, 4) is 11.1 Å². The largest absolute Gasteiger partial charge is 0.480 e. The molecule has 1 saturated carbocycles. The number of carboxylic acid groups (broad SMARTS) is 1. The molecule has 0 aliphatic heterocycles. The third kappa shape index (κ3) is 4.99. The summed E-state index contributed by atoms with van der Waals surface area (Å²) < 4.78 is 7.66. The van der Waals surface area contributed by atoms with Gasteiger partial charge in [-0.05, 0) is 37.3 Å². The van der Waals surface area contributed by atoms with Crippen LogP contribution in [0.4, 0.5) is 0 Å². The minimum Gasteiger partial charge on any atom is -0.480 e. The molecule has 1 aliphatic carbocycles. The van der Waals surface area contributed by atoms with E-state index in [4.69, 9.17) is 4.74 Å². The quantitative estimate of drug-likeness (QED) is 0.575. The second-order valence-corrected chi connectivity index (χ2v) is 9.16. The van der Waals surface area contributed by atoms with E-state index in [2.05, 4.69) is 5.32 Å².